The SMILES string of the molecule is Cc1ccc(NC2=C(c3ccc(C)c(C)c3)C(=O)N(c3ccccc3C)C2=O)cc1C. The number of carbonyl (C=O) groups excluding carboxylic acids is 2. The molecule has 0 bridgehead atoms. The fourth-order valence-electron chi connectivity index (χ4n) is 3.81. The number of hydrogen-bond donors (Lipinski definition) is 1. The van der Waals surface area contributed by atoms with Crippen molar-refractivity contribution >= 4 is 28.8 Å². The summed E-state index contributed by atoms with van der Waals surface area (Å²) in [5.41, 5.74) is 8.21. The lowest BCUT2D eigenvalue weighted by atomic mass is 9.99. The van der Waals surface area contributed by atoms with E-state index < -0.39 is 0 Å². The maximum absolute atomic E-state index is 13.6. The van der Waals surface area contributed by atoms with Crippen molar-refractivity contribution in [3.63, 3.8) is 0 Å². The quantitative estimate of drug-likeness (QED) is 0.568. The van der Waals surface area contributed by atoms with Crippen molar-refractivity contribution in [1.29, 1.82) is 0 Å². The number of benzene rings is 3. The standard InChI is InChI=1S/C27H26N2O2/c1-16-10-12-21(14-19(16)4)24-25(28-22-13-11-17(2)20(5)15-22)27(31)29(26(24)30)23-9-7-6-8-18(23)3/h6-15,28H,1-5H3. The molecule has 3 aromatic carbocycles. The van der Waals surface area contributed by atoms with E-state index in [1.807, 2.05) is 95.3 Å². The van der Waals surface area contributed by atoms with Gasteiger partial charge in [-0.2, -0.15) is 0 Å². The number of amides is 2. The molecule has 0 aliphatic carbocycles. The number of nitrogens with zero attached hydrogens (tertiary/aromatic N) is 1. The van der Waals surface area contributed by atoms with Gasteiger partial charge in [-0.3, -0.25) is 9.59 Å². The third-order valence-electron chi connectivity index (χ3n) is 6.01. The monoisotopic (exact) mass is 410 g/mol. The predicted octanol–water partition coefficient (Wildman–Crippen LogP) is 5.63. The summed E-state index contributed by atoms with van der Waals surface area (Å²) >= 11 is 0. The lowest BCUT2D eigenvalue weighted by molar-refractivity contribution is -0.120. The fourth-order valence-corrected chi connectivity index (χ4v) is 3.81. The van der Waals surface area contributed by atoms with Crippen LogP contribution in [0.25, 0.3) is 5.57 Å². The molecule has 1 N–H and O–H groups in total. The van der Waals surface area contributed by atoms with Gasteiger partial charge in [0.25, 0.3) is 11.8 Å². The van der Waals surface area contributed by atoms with Crippen LogP contribution in [0.3, 0.4) is 0 Å². The first-order valence-corrected chi connectivity index (χ1v) is 10.4. The molecule has 2 amide bonds. The van der Waals surface area contributed by atoms with Gasteiger partial charge in [0.2, 0.25) is 0 Å². The van der Waals surface area contributed by atoms with Crippen molar-refractivity contribution < 1.29 is 9.59 Å². The Bertz CT molecular complexity index is 1250. The van der Waals surface area contributed by atoms with Gasteiger partial charge in [-0.25, -0.2) is 4.90 Å². The zero-order valence-corrected chi connectivity index (χ0v) is 18.5. The van der Waals surface area contributed by atoms with Crippen LogP contribution >= 0.6 is 0 Å². The van der Waals surface area contributed by atoms with Gasteiger partial charge in [-0.05, 0) is 86.2 Å². The fraction of sp³-hybridized carbons (Fsp3) is 0.185. The topological polar surface area (TPSA) is 49.4 Å². The molecule has 0 spiro atoms. The number of carbonyl (C=O) groups is 2. The minimum absolute atomic E-state index is 0.305. The number of rotatable bonds is 4. The zero-order valence-electron chi connectivity index (χ0n) is 18.5. The number of anilines is 2. The molecule has 4 heteroatoms. The Morgan fingerprint density at radius 3 is 1.94 bits per heavy atom. The van der Waals surface area contributed by atoms with Crippen LogP contribution in [0.1, 0.15) is 33.4 Å². The molecule has 1 aliphatic rings. The largest absolute Gasteiger partial charge is 0.350 e. The Morgan fingerprint density at radius 2 is 1.29 bits per heavy atom. The Morgan fingerprint density at radius 1 is 0.645 bits per heavy atom. The molecule has 0 aromatic heterocycles. The summed E-state index contributed by atoms with van der Waals surface area (Å²) in [7, 11) is 0. The van der Waals surface area contributed by atoms with Crippen molar-refractivity contribution in [2.75, 3.05) is 10.2 Å². The summed E-state index contributed by atoms with van der Waals surface area (Å²) in [4.78, 5) is 28.4. The molecular weight excluding hydrogens is 384 g/mol. The van der Waals surface area contributed by atoms with E-state index in [1.165, 1.54) is 10.5 Å². The third kappa shape index (κ3) is 3.66. The van der Waals surface area contributed by atoms with Crippen LogP contribution in [0.15, 0.2) is 66.4 Å². The van der Waals surface area contributed by atoms with Crippen LogP contribution in [0.2, 0.25) is 0 Å². The summed E-state index contributed by atoms with van der Waals surface area (Å²) in [5, 5.41) is 3.26. The van der Waals surface area contributed by atoms with E-state index >= 15 is 0 Å². The highest BCUT2D eigenvalue weighted by Gasteiger charge is 2.40. The van der Waals surface area contributed by atoms with Crippen LogP contribution in [0.5, 0.6) is 0 Å². The van der Waals surface area contributed by atoms with Crippen LogP contribution in [0.4, 0.5) is 11.4 Å². The maximum Gasteiger partial charge on any atom is 0.282 e. The van der Waals surface area contributed by atoms with Gasteiger partial charge < -0.3 is 5.32 Å². The van der Waals surface area contributed by atoms with Crippen molar-refractivity contribution in [2.24, 2.45) is 0 Å². The Labute approximate surface area is 183 Å². The van der Waals surface area contributed by atoms with E-state index in [0.29, 0.717) is 17.0 Å². The van der Waals surface area contributed by atoms with E-state index in [-0.39, 0.29) is 11.8 Å². The van der Waals surface area contributed by atoms with Crippen molar-refractivity contribution in [3.05, 3.63) is 99.7 Å². The average molecular weight is 411 g/mol. The molecule has 1 aliphatic heterocycles. The molecule has 1 heterocycles. The molecule has 31 heavy (non-hydrogen) atoms. The van der Waals surface area contributed by atoms with E-state index in [0.717, 1.165) is 33.5 Å². The van der Waals surface area contributed by atoms with Crippen LogP contribution in [-0.2, 0) is 9.59 Å². The smallest absolute Gasteiger partial charge is 0.282 e. The molecule has 4 nitrogen and oxygen atoms in total. The van der Waals surface area contributed by atoms with Crippen LogP contribution in [-0.4, -0.2) is 11.8 Å². The first kappa shape index (κ1) is 20.6. The summed E-state index contributed by atoms with van der Waals surface area (Å²) in [5.74, 6) is -0.653. The van der Waals surface area contributed by atoms with Crippen molar-refractivity contribution in [2.45, 2.75) is 34.6 Å². The molecular formula is C27H26N2O2. The molecule has 156 valence electrons. The highest BCUT2D eigenvalue weighted by molar-refractivity contribution is 6.46. The highest BCUT2D eigenvalue weighted by atomic mass is 16.2. The van der Waals surface area contributed by atoms with Gasteiger partial charge in [0.05, 0.1) is 11.3 Å². The van der Waals surface area contributed by atoms with E-state index in [1.54, 1.807) is 0 Å². The lowest BCUT2D eigenvalue weighted by Crippen LogP contribution is -2.33. The van der Waals surface area contributed by atoms with E-state index in [2.05, 4.69) is 5.32 Å². The second-order valence-electron chi connectivity index (χ2n) is 8.21. The Hall–Kier alpha value is -3.66. The Balaban J connectivity index is 1.87. The highest BCUT2D eigenvalue weighted by Crippen LogP contribution is 2.35. The van der Waals surface area contributed by atoms with Gasteiger partial charge >= 0.3 is 0 Å². The molecule has 0 fully saturated rings. The second-order valence-corrected chi connectivity index (χ2v) is 8.21. The van der Waals surface area contributed by atoms with Crippen molar-refractivity contribution in [3.8, 4) is 0 Å². The second kappa shape index (κ2) is 7.88. The first-order chi connectivity index (χ1) is 14.8. The van der Waals surface area contributed by atoms with Gasteiger partial charge in [-0.1, -0.05) is 42.5 Å². The predicted molar refractivity (Wildman–Crippen MR) is 126 cm³/mol. The van der Waals surface area contributed by atoms with Gasteiger partial charge in [0, 0.05) is 5.69 Å². The van der Waals surface area contributed by atoms with E-state index in [4.69, 9.17) is 0 Å². The molecule has 4 rings (SSSR count). The van der Waals surface area contributed by atoms with Crippen LogP contribution in [0, 0.1) is 34.6 Å². The first-order valence-electron chi connectivity index (χ1n) is 10.4. The maximum atomic E-state index is 13.6. The normalized spacial score (nSPS) is 13.9. The lowest BCUT2D eigenvalue weighted by Gasteiger charge is -2.17. The number of para-hydroxylation sites is 1. The van der Waals surface area contributed by atoms with Crippen LogP contribution < -0.4 is 10.2 Å². The van der Waals surface area contributed by atoms with Gasteiger partial charge in [-0.15, -0.1) is 0 Å². The number of aryl methyl sites for hydroxylation is 5. The molecule has 0 radical (unpaired) electrons. The molecule has 0 atom stereocenters. The average Bonchev–Trinajstić information content (AvgIpc) is 2.97. The summed E-state index contributed by atoms with van der Waals surface area (Å²) in [6.07, 6.45) is 0. The minimum Gasteiger partial charge on any atom is -0.350 e. The number of hydrogen-bond acceptors (Lipinski definition) is 3. The number of nitrogens with one attached hydrogen (secondary N) is 1. The zero-order chi connectivity index (χ0) is 22.3. The molecule has 3 aromatic rings. The third-order valence-corrected chi connectivity index (χ3v) is 6.01. The van der Waals surface area contributed by atoms with Gasteiger partial charge in [0.1, 0.15) is 5.70 Å². The van der Waals surface area contributed by atoms with E-state index in [9.17, 15) is 9.59 Å². The van der Waals surface area contributed by atoms with Gasteiger partial charge in [0.15, 0.2) is 0 Å². The van der Waals surface area contributed by atoms with Crippen molar-refractivity contribution in [1.82, 2.24) is 0 Å². The summed E-state index contributed by atoms with van der Waals surface area (Å²) in [6, 6.07) is 19.3. The molecule has 0 unspecified atom stereocenters. The molecule has 0 saturated heterocycles. The summed E-state index contributed by atoms with van der Waals surface area (Å²) in [6.45, 7) is 10.0. The minimum atomic E-state index is -0.342. The Kier molecular flexibility index (Phi) is 5.24. The molecule has 0 saturated carbocycles. The summed E-state index contributed by atoms with van der Waals surface area (Å²) < 4.78 is 0. The number of imide groups is 1.